The molecule has 0 radical (unpaired) electrons. The molecule has 0 spiro atoms. The highest BCUT2D eigenvalue weighted by Gasteiger charge is 2.03. The zero-order chi connectivity index (χ0) is 12.3. The Labute approximate surface area is 106 Å². The van der Waals surface area contributed by atoms with Gasteiger partial charge in [-0.2, -0.15) is 0 Å². The van der Waals surface area contributed by atoms with Crippen molar-refractivity contribution in [1.29, 1.82) is 0 Å². The zero-order valence-electron chi connectivity index (χ0n) is 9.60. The summed E-state index contributed by atoms with van der Waals surface area (Å²) in [6.07, 6.45) is 3.44. The Hall–Kier alpha value is -1.74. The summed E-state index contributed by atoms with van der Waals surface area (Å²) in [5.41, 5.74) is 8.57. The number of hydrogen-bond acceptors (Lipinski definition) is 3. The number of nitrogens with two attached hydrogens (primary N) is 1. The molecule has 0 unspecified atom stereocenters. The molecule has 0 amide bonds. The first-order chi connectivity index (χ1) is 8.15. The molecule has 0 fully saturated rings. The van der Waals surface area contributed by atoms with Crippen LogP contribution in [0.4, 0.5) is 11.4 Å². The van der Waals surface area contributed by atoms with E-state index >= 15 is 0 Å². The highest BCUT2D eigenvalue weighted by molar-refractivity contribution is 6.30. The van der Waals surface area contributed by atoms with Gasteiger partial charge in [0.1, 0.15) is 0 Å². The minimum Gasteiger partial charge on any atom is -0.397 e. The third kappa shape index (κ3) is 3.11. The van der Waals surface area contributed by atoms with Crippen molar-refractivity contribution in [2.24, 2.45) is 0 Å². The van der Waals surface area contributed by atoms with Crippen molar-refractivity contribution in [1.82, 2.24) is 4.98 Å². The van der Waals surface area contributed by atoms with Crippen molar-refractivity contribution in [3.63, 3.8) is 0 Å². The summed E-state index contributed by atoms with van der Waals surface area (Å²) in [6.45, 7) is 0.794. The highest BCUT2D eigenvalue weighted by atomic mass is 35.5. The smallest absolute Gasteiger partial charge is 0.0573 e. The number of rotatable bonds is 3. The average Bonchev–Trinajstić information content (AvgIpc) is 2.32. The van der Waals surface area contributed by atoms with Crippen LogP contribution in [-0.4, -0.2) is 12.0 Å². The molecule has 0 atom stereocenters. The van der Waals surface area contributed by atoms with E-state index in [1.54, 1.807) is 12.4 Å². The molecule has 88 valence electrons. The van der Waals surface area contributed by atoms with Gasteiger partial charge in [0.25, 0.3) is 0 Å². The van der Waals surface area contributed by atoms with Crippen LogP contribution in [0.25, 0.3) is 0 Å². The van der Waals surface area contributed by atoms with Crippen molar-refractivity contribution in [3.8, 4) is 0 Å². The second-order valence-electron chi connectivity index (χ2n) is 3.96. The fourth-order valence-corrected chi connectivity index (χ4v) is 1.73. The fourth-order valence-electron chi connectivity index (χ4n) is 1.61. The Morgan fingerprint density at radius 3 is 2.59 bits per heavy atom. The van der Waals surface area contributed by atoms with Crippen LogP contribution in [0.1, 0.15) is 5.56 Å². The van der Waals surface area contributed by atoms with Crippen molar-refractivity contribution in [2.45, 2.75) is 6.54 Å². The van der Waals surface area contributed by atoms with E-state index in [0.717, 1.165) is 17.3 Å². The van der Waals surface area contributed by atoms with Gasteiger partial charge in [-0.25, -0.2) is 0 Å². The molecule has 0 saturated carbocycles. The van der Waals surface area contributed by atoms with E-state index in [9.17, 15) is 0 Å². The van der Waals surface area contributed by atoms with Gasteiger partial charge in [0, 0.05) is 24.8 Å². The summed E-state index contributed by atoms with van der Waals surface area (Å²) >= 11 is 5.85. The van der Waals surface area contributed by atoms with Gasteiger partial charge in [-0.05, 0) is 23.8 Å². The molecule has 0 bridgehead atoms. The molecule has 4 heteroatoms. The summed E-state index contributed by atoms with van der Waals surface area (Å²) in [5, 5.41) is 0.752. The lowest BCUT2D eigenvalue weighted by Gasteiger charge is -2.19. The number of aromatic nitrogens is 1. The molecule has 0 aliphatic rings. The SMILES string of the molecule is CN(Cc1ccc(Cl)cc1)c1cncc(N)c1. The van der Waals surface area contributed by atoms with Crippen molar-refractivity contribution in [2.75, 3.05) is 17.7 Å². The monoisotopic (exact) mass is 247 g/mol. The number of benzene rings is 1. The Morgan fingerprint density at radius 1 is 1.24 bits per heavy atom. The van der Waals surface area contributed by atoms with Gasteiger partial charge >= 0.3 is 0 Å². The number of hydrogen-bond donors (Lipinski definition) is 1. The first-order valence-corrected chi connectivity index (χ1v) is 5.69. The van der Waals surface area contributed by atoms with Crippen LogP contribution in [0, 0.1) is 0 Å². The van der Waals surface area contributed by atoms with Crippen molar-refractivity contribution >= 4 is 23.0 Å². The highest BCUT2D eigenvalue weighted by Crippen LogP contribution is 2.17. The van der Waals surface area contributed by atoms with Crippen LogP contribution in [0.3, 0.4) is 0 Å². The molecule has 1 aromatic carbocycles. The fraction of sp³-hybridized carbons (Fsp3) is 0.154. The number of pyridine rings is 1. The maximum atomic E-state index is 5.85. The van der Waals surface area contributed by atoms with E-state index in [-0.39, 0.29) is 0 Å². The van der Waals surface area contributed by atoms with E-state index in [4.69, 9.17) is 17.3 Å². The van der Waals surface area contributed by atoms with E-state index in [1.165, 1.54) is 5.56 Å². The van der Waals surface area contributed by atoms with Gasteiger partial charge in [0.2, 0.25) is 0 Å². The third-order valence-electron chi connectivity index (χ3n) is 2.52. The molecule has 2 rings (SSSR count). The predicted octanol–water partition coefficient (Wildman–Crippen LogP) is 2.95. The van der Waals surface area contributed by atoms with Crippen LogP contribution in [-0.2, 0) is 6.54 Å². The van der Waals surface area contributed by atoms with Gasteiger partial charge in [0.15, 0.2) is 0 Å². The molecule has 0 aliphatic heterocycles. The van der Waals surface area contributed by atoms with Gasteiger partial charge < -0.3 is 10.6 Å². The maximum absolute atomic E-state index is 5.85. The maximum Gasteiger partial charge on any atom is 0.0573 e. The normalized spacial score (nSPS) is 10.2. The zero-order valence-corrected chi connectivity index (χ0v) is 10.4. The minimum absolute atomic E-state index is 0.672. The third-order valence-corrected chi connectivity index (χ3v) is 2.77. The number of nitrogen functional groups attached to an aromatic ring is 1. The molecule has 0 saturated heterocycles. The van der Waals surface area contributed by atoms with Crippen LogP contribution >= 0.6 is 11.6 Å². The van der Waals surface area contributed by atoms with E-state index < -0.39 is 0 Å². The summed E-state index contributed by atoms with van der Waals surface area (Å²) in [6, 6.07) is 9.71. The average molecular weight is 248 g/mol. The molecular weight excluding hydrogens is 234 g/mol. The standard InChI is InChI=1S/C13H14ClN3/c1-17(13-6-12(15)7-16-8-13)9-10-2-4-11(14)5-3-10/h2-8H,9,15H2,1H3. The molecule has 3 nitrogen and oxygen atoms in total. The molecule has 0 aliphatic carbocycles. The lowest BCUT2D eigenvalue weighted by atomic mass is 10.2. The first-order valence-electron chi connectivity index (χ1n) is 5.31. The van der Waals surface area contributed by atoms with Gasteiger partial charge in [0.05, 0.1) is 17.6 Å². The largest absolute Gasteiger partial charge is 0.397 e. The van der Waals surface area contributed by atoms with Crippen molar-refractivity contribution in [3.05, 3.63) is 53.3 Å². The predicted molar refractivity (Wildman–Crippen MR) is 72.2 cm³/mol. The molecule has 17 heavy (non-hydrogen) atoms. The lowest BCUT2D eigenvalue weighted by molar-refractivity contribution is 0.918. The van der Waals surface area contributed by atoms with Crippen LogP contribution in [0.2, 0.25) is 5.02 Å². The van der Waals surface area contributed by atoms with Crippen LogP contribution in [0.5, 0.6) is 0 Å². The molecule has 2 N–H and O–H groups in total. The van der Waals surface area contributed by atoms with Gasteiger partial charge in [-0.3, -0.25) is 4.98 Å². The topological polar surface area (TPSA) is 42.2 Å². The lowest BCUT2D eigenvalue weighted by Crippen LogP contribution is -2.16. The second-order valence-corrected chi connectivity index (χ2v) is 4.40. The summed E-state index contributed by atoms with van der Waals surface area (Å²) in [5.74, 6) is 0. The Morgan fingerprint density at radius 2 is 1.94 bits per heavy atom. The van der Waals surface area contributed by atoms with Crippen LogP contribution in [0.15, 0.2) is 42.7 Å². The van der Waals surface area contributed by atoms with Gasteiger partial charge in [-0.15, -0.1) is 0 Å². The molecule has 1 aromatic heterocycles. The first kappa shape index (κ1) is 11.7. The number of nitrogens with zero attached hydrogens (tertiary/aromatic N) is 2. The van der Waals surface area contributed by atoms with Gasteiger partial charge in [-0.1, -0.05) is 23.7 Å². The Balaban J connectivity index is 2.11. The summed E-state index contributed by atoms with van der Waals surface area (Å²) in [7, 11) is 2.01. The Bertz CT molecular complexity index is 496. The number of anilines is 2. The van der Waals surface area contributed by atoms with E-state index in [2.05, 4.69) is 9.88 Å². The Kier molecular flexibility index (Phi) is 3.49. The van der Waals surface area contributed by atoms with E-state index in [1.807, 2.05) is 37.4 Å². The molecule has 1 heterocycles. The summed E-state index contributed by atoms with van der Waals surface area (Å²) in [4.78, 5) is 6.16. The van der Waals surface area contributed by atoms with Crippen LogP contribution < -0.4 is 10.6 Å². The van der Waals surface area contributed by atoms with E-state index in [0.29, 0.717) is 5.69 Å². The second kappa shape index (κ2) is 5.06. The van der Waals surface area contributed by atoms with Crippen molar-refractivity contribution < 1.29 is 0 Å². The molecular formula is C13H14ClN3. The minimum atomic E-state index is 0.672. The summed E-state index contributed by atoms with van der Waals surface area (Å²) < 4.78 is 0. The molecule has 2 aromatic rings. The quantitative estimate of drug-likeness (QED) is 0.907. The number of halogens is 1.